The molecule has 0 spiro atoms. The van der Waals surface area contributed by atoms with Gasteiger partial charge >= 0.3 is 5.97 Å². The number of carboxylic acid groups (broad SMARTS) is 1. The molecule has 20 heavy (non-hydrogen) atoms. The lowest BCUT2D eigenvalue weighted by Gasteiger charge is -2.06. The van der Waals surface area contributed by atoms with Crippen LogP contribution < -0.4 is 5.32 Å². The standard InChI is InChI=1S/C10H7N5O5/c16-8(13-10-11-4-12-14-10)7-5(9(17)18)2-1-3-6(7)15(19)20/h1-4H,(H,17,18)(H2,11,12,13,14,16). The number of rotatable bonds is 4. The number of carbonyl (C=O) groups is 2. The first-order valence-electron chi connectivity index (χ1n) is 5.18. The van der Waals surface area contributed by atoms with Crippen molar-refractivity contribution >= 4 is 23.5 Å². The minimum atomic E-state index is -1.45. The van der Waals surface area contributed by atoms with Crippen LogP contribution in [-0.2, 0) is 0 Å². The lowest BCUT2D eigenvalue weighted by Crippen LogP contribution is -2.19. The van der Waals surface area contributed by atoms with Crippen LogP contribution in [0.4, 0.5) is 11.6 Å². The number of nitro benzene ring substituents is 1. The van der Waals surface area contributed by atoms with E-state index in [1.807, 2.05) is 0 Å². The number of anilines is 1. The molecule has 0 atom stereocenters. The molecule has 1 aromatic carbocycles. The molecule has 0 fully saturated rings. The Morgan fingerprint density at radius 3 is 2.70 bits per heavy atom. The van der Waals surface area contributed by atoms with Crippen molar-refractivity contribution in [3.8, 4) is 0 Å². The third-order valence-electron chi connectivity index (χ3n) is 2.34. The number of carboxylic acids is 1. The molecule has 2 aromatic rings. The van der Waals surface area contributed by atoms with Crippen LogP contribution in [0.2, 0.25) is 0 Å². The van der Waals surface area contributed by atoms with Crippen LogP contribution in [0.25, 0.3) is 0 Å². The molecule has 0 bridgehead atoms. The van der Waals surface area contributed by atoms with Gasteiger partial charge in [0.1, 0.15) is 11.9 Å². The average Bonchev–Trinajstić information content (AvgIpc) is 2.90. The van der Waals surface area contributed by atoms with Gasteiger partial charge < -0.3 is 5.11 Å². The first-order chi connectivity index (χ1) is 9.50. The number of carbonyl (C=O) groups excluding carboxylic acids is 1. The normalized spacial score (nSPS) is 10.0. The van der Waals surface area contributed by atoms with Gasteiger partial charge in [0, 0.05) is 6.07 Å². The van der Waals surface area contributed by atoms with E-state index in [1.54, 1.807) is 0 Å². The highest BCUT2D eigenvalue weighted by molar-refractivity contribution is 6.12. The van der Waals surface area contributed by atoms with Gasteiger partial charge in [-0.15, -0.1) is 0 Å². The Kier molecular flexibility index (Phi) is 3.37. The van der Waals surface area contributed by atoms with Crippen molar-refractivity contribution in [2.45, 2.75) is 0 Å². The van der Waals surface area contributed by atoms with Crippen molar-refractivity contribution in [3.05, 3.63) is 45.8 Å². The molecule has 0 aliphatic rings. The van der Waals surface area contributed by atoms with E-state index in [0.717, 1.165) is 18.5 Å². The van der Waals surface area contributed by atoms with Gasteiger partial charge in [0.05, 0.1) is 10.5 Å². The molecule has 0 aliphatic heterocycles. The van der Waals surface area contributed by atoms with Crippen molar-refractivity contribution in [1.29, 1.82) is 0 Å². The number of benzene rings is 1. The van der Waals surface area contributed by atoms with Gasteiger partial charge in [-0.1, -0.05) is 6.07 Å². The fraction of sp³-hybridized carbons (Fsp3) is 0. The number of aromatic carboxylic acids is 1. The topological polar surface area (TPSA) is 151 Å². The Morgan fingerprint density at radius 2 is 2.15 bits per heavy atom. The van der Waals surface area contributed by atoms with E-state index in [-0.39, 0.29) is 5.95 Å². The van der Waals surface area contributed by atoms with Crippen molar-refractivity contribution in [2.24, 2.45) is 0 Å². The molecule has 10 heteroatoms. The lowest BCUT2D eigenvalue weighted by atomic mass is 10.0. The summed E-state index contributed by atoms with van der Waals surface area (Å²) in [4.78, 5) is 36.7. The maximum absolute atomic E-state index is 12.0. The number of aromatic amines is 1. The second kappa shape index (κ2) is 5.14. The minimum Gasteiger partial charge on any atom is -0.478 e. The van der Waals surface area contributed by atoms with Crippen molar-refractivity contribution in [2.75, 3.05) is 5.32 Å². The summed E-state index contributed by atoms with van der Waals surface area (Å²) < 4.78 is 0. The molecule has 0 saturated heterocycles. The summed E-state index contributed by atoms with van der Waals surface area (Å²) in [7, 11) is 0. The van der Waals surface area contributed by atoms with Crippen molar-refractivity contribution in [3.63, 3.8) is 0 Å². The van der Waals surface area contributed by atoms with Gasteiger partial charge in [0.2, 0.25) is 5.95 Å². The largest absolute Gasteiger partial charge is 0.478 e. The Bertz CT molecular complexity index is 649. The van der Waals surface area contributed by atoms with E-state index in [2.05, 4.69) is 20.5 Å². The van der Waals surface area contributed by atoms with Gasteiger partial charge in [-0.3, -0.25) is 20.2 Å². The average molecular weight is 277 g/mol. The number of hydrogen-bond acceptors (Lipinski definition) is 6. The highest BCUT2D eigenvalue weighted by atomic mass is 16.6. The summed E-state index contributed by atoms with van der Waals surface area (Å²) in [6.07, 6.45) is 1.12. The zero-order valence-corrected chi connectivity index (χ0v) is 9.73. The molecule has 0 radical (unpaired) electrons. The highest BCUT2D eigenvalue weighted by Crippen LogP contribution is 2.23. The highest BCUT2D eigenvalue weighted by Gasteiger charge is 2.27. The number of H-pyrrole nitrogens is 1. The number of nitro groups is 1. The molecule has 0 unspecified atom stereocenters. The van der Waals surface area contributed by atoms with Crippen LogP contribution in [0.1, 0.15) is 20.7 Å². The van der Waals surface area contributed by atoms with Crippen molar-refractivity contribution in [1.82, 2.24) is 15.2 Å². The Balaban J connectivity index is 2.49. The van der Waals surface area contributed by atoms with Gasteiger partial charge in [-0.05, 0) is 6.07 Å². The second-order valence-corrected chi connectivity index (χ2v) is 3.55. The van der Waals surface area contributed by atoms with E-state index in [1.165, 1.54) is 6.07 Å². The number of hydrogen-bond donors (Lipinski definition) is 3. The van der Waals surface area contributed by atoms with Gasteiger partial charge in [0.15, 0.2) is 0 Å². The fourth-order valence-electron chi connectivity index (χ4n) is 1.54. The number of aromatic nitrogens is 3. The van der Waals surface area contributed by atoms with Crippen LogP contribution in [0.5, 0.6) is 0 Å². The second-order valence-electron chi connectivity index (χ2n) is 3.55. The first kappa shape index (κ1) is 13.1. The molecule has 2 rings (SSSR count). The van der Waals surface area contributed by atoms with E-state index in [0.29, 0.717) is 0 Å². The van der Waals surface area contributed by atoms with Crippen LogP contribution in [-0.4, -0.2) is 37.1 Å². The number of nitrogens with zero attached hydrogens (tertiary/aromatic N) is 3. The van der Waals surface area contributed by atoms with E-state index in [9.17, 15) is 19.7 Å². The molecule has 1 heterocycles. The summed E-state index contributed by atoms with van der Waals surface area (Å²) in [5, 5.41) is 27.9. The summed E-state index contributed by atoms with van der Waals surface area (Å²) in [5.74, 6) is -2.47. The maximum Gasteiger partial charge on any atom is 0.336 e. The Morgan fingerprint density at radius 1 is 1.40 bits per heavy atom. The van der Waals surface area contributed by atoms with E-state index >= 15 is 0 Å². The van der Waals surface area contributed by atoms with Crippen LogP contribution >= 0.6 is 0 Å². The quantitative estimate of drug-likeness (QED) is 0.548. The van der Waals surface area contributed by atoms with Gasteiger partial charge in [0.25, 0.3) is 11.6 Å². The summed E-state index contributed by atoms with van der Waals surface area (Å²) in [6.45, 7) is 0. The predicted molar refractivity (Wildman–Crippen MR) is 64.4 cm³/mol. The van der Waals surface area contributed by atoms with Crippen LogP contribution in [0, 0.1) is 10.1 Å². The van der Waals surface area contributed by atoms with Gasteiger partial charge in [-0.2, -0.15) is 10.1 Å². The minimum absolute atomic E-state index is 0.0514. The van der Waals surface area contributed by atoms with Crippen molar-refractivity contribution < 1.29 is 19.6 Å². The lowest BCUT2D eigenvalue weighted by molar-refractivity contribution is -0.385. The summed E-state index contributed by atoms with van der Waals surface area (Å²) in [5.41, 5.74) is -1.64. The monoisotopic (exact) mass is 277 g/mol. The first-order valence-corrected chi connectivity index (χ1v) is 5.18. The molecule has 1 aromatic heterocycles. The molecule has 0 saturated carbocycles. The molecule has 1 amide bonds. The Hall–Kier alpha value is -3.30. The third kappa shape index (κ3) is 2.43. The molecule has 10 nitrogen and oxygen atoms in total. The smallest absolute Gasteiger partial charge is 0.336 e. The van der Waals surface area contributed by atoms with Crippen LogP contribution in [0.3, 0.4) is 0 Å². The zero-order valence-electron chi connectivity index (χ0n) is 9.73. The summed E-state index contributed by atoms with van der Waals surface area (Å²) >= 11 is 0. The molecular weight excluding hydrogens is 270 g/mol. The van der Waals surface area contributed by atoms with Gasteiger partial charge in [-0.25, -0.2) is 9.89 Å². The molecular formula is C10H7N5O5. The maximum atomic E-state index is 12.0. The molecule has 102 valence electrons. The number of nitrogens with one attached hydrogen (secondary N) is 2. The fourth-order valence-corrected chi connectivity index (χ4v) is 1.54. The Labute approximate surface area is 110 Å². The third-order valence-corrected chi connectivity index (χ3v) is 2.34. The van der Waals surface area contributed by atoms with Crippen LogP contribution in [0.15, 0.2) is 24.5 Å². The SMILES string of the molecule is O=C(O)c1cccc([N+](=O)[O-])c1C(=O)Nc1ncn[nH]1. The van der Waals surface area contributed by atoms with E-state index in [4.69, 9.17) is 5.11 Å². The number of amides is 1. The van der Waals surface area contributed by atoms with E-state index < -0.39 is 33.6 Å². The predicted octanol–water partition coefficient (Wildman–Crippen LogP) is 0.663. The molecule has 3 N–H and O–H groups in total. The zero-order chi connectivity index (χ0) is 14.7. The summed E-state index contributed by atoms with van der Waals surface area (Å²) in [6, 6.07) is 3.33. The molecule has 0 aliphatic carbocycles.